The molecular weight excluding hydrogens is 217 g/mol. The summed E-state index contributed by atoms with van der Waals surface area (Å²) in [6, 6.07) is 6.86. The molecule has 0 saturated heterocycles. The summed E-state index contributed by atoms with van der Waals surface area (Å²) < 4.78 is 18.7. The Bertz CT molecular complexity index is 723. The first-order valence-electron chi connectivity index (χ1n) is 5.70. The van der Waals surface area contributed by atoms with Gasteiger partial charge in [0, 0.05) is 22.9 Å². The van der Waals surface area contributed by atoms with Gasteiger partial charge in [-0.2, -0.15) is 0 Å². The third-order valence-electron chi connectivity index (χ3n) is 3.48. The summed E-state index contributed by atoms with van der Waals surface area (Å²) in [6.07, 6.45) is 3.50. The molecule has 1 aromatic carbocycles. The Labute approximate surface area is 97.1 Å². The Hall–Kier alpha value is -2.03. The SMILES string of the molecule is Fc1ccc2[nH]c3c(c2c1)CCc1occc1-3. The second-order valence-electron chi connectivity index (χ2n) is 4.43. The number of aryl methyl sites for hydroxylation is 2. The standard InChI is InChI=1S/C14H10FNO/c15-8-1-3-12-11(7-8)9-2-4-13-10(5-6-17-13)14(9)16-12/h1,3,5-7,16H,2,4H2. The van der Waals surface area contributed by atoms with Gasteiger partial charge in [-0.15, -0.1) is 0 Å². The van der Waals surface area contributed by atoms with Crippen molar-refractivity contribution in [1.29, 1.82) is 0 Å². The molecule has 2 heterocycles. The van der Waals surface area contributed by atoms with Gasteiger partial charge in [-0.1, -0.05) is 0 Å². The number of benzene rings is 1. The molecule has 2 aromatic heterocycles. The molecule has 1 aliphatic rings. The van der Waals surface area contributed by atoms with Crippen LogP contribution in [0.2, 0.25) is 0 Å². The van der Waals surface area contributed by atoms with Gasteiger partial charge in [0.15, 0.2) is 0 Å². The molecule has 0 spiro atoms. The number of rotatable bonds is 0. The molecule has 3 heteroatoms. The van der Waals surface area contributed by atoms with Gasteiger partial charge in [-0.3, -0.25) is 0 Å². The minimum atomic E-state index is -0.183. The van der Waals surface area contributed by atoms with E-state index in [0.29, 0.717) is 0 Å². The molecule has 0 saturated carbocycles. The summed E-state index contributed by atoms with van der Waals surface area (Å²) in [4.78, 5) is 3.36. The quantitative estimate of drug-likeness (QED) is 0.623. The van der Waals surface area contributed by atoms with E-state index in [1.54, 1.807) is 18.4 Å². The highest BCUT2D eigenvalue weighted by molar-refractivity contribution is 5.92. The zero-order valence-electron chi connectivity index (χ0n) is 9.09. The Kier molecular flexibility index (Phi) is 1.60. The van der Waals surface area contributed by atoms with Crippen LogP contribution in [0, 0.1) is 5.82 Å². The maximum absolute atomic E-state index is 13.3. The van der Waals surface area contributed by atoms with Gasteiger partial charge in [0.2, 0.25) is 0 Å². The lowest BCUT2D eigenvalue weighted by atomic mass is 9.94. The predicted molar refractivity (Wildman–Crippen MR) is 63.4 cm³/mol. The van der Waals surface area contributed by atoms with Crippen LogP contribution in [0.4, 0.5) is 4.39 Å². The lowest BCUT2D eigenvalue weighted by Crippen LogP contribution is -1.99. The van der Waals surface area contributed by atoms with Crippen molar-refractivity contribution in [2.24, 2.45) is 0 Å². The van der Waals surface area contributed by atoms with Crippen LogP contribution in [0.1, 0.15) is 11.3 Å². The van der Waals surface area contributed by atoms with Gasteiger partial charge in [0.1, 0.15) is 11.6 Å². The van der Waals surface area contributed by atoms with Crippen LogP contribution in [0.25, 0.3) is 22.2 Å². The number of hydrogen-bond acceptors (Lipinski definition) is 1. The van der Waals surface area contributed by atoms with Crippen molar-refractivity contribution >= 4 is 10.9 Å². The molecule has 3 aromatic rings. The normalized spacial score (nSPS) is 13.7. The summed E-state index contributed by atoms with van der Waals surface area (Å²) in [6.45, 7) is 0. The second kappa shape index (κ2) is 3.00. The minimum Gasteiger partial charge on any atom is -0.469 e. The van der Waals surface area contributed by atoms with Gasteiger partial charge < -0.3 is 9.40 Å². The van der Waals surface area contributed by atoms with Crippen molar-refractivity contribution in [3.63, 3.8) is 0 Å². The zero-order valence-corrected chi connectivity index (χ0v) is 9.09. The first-order valence-corrected chi connectivity index (χ1v) is 5.70. The van der Waals surface area contributed by atoms with E-state index < -0.39 is 0 Å². The van der Waals surface area contributed by atoms with E-state index in [1.165, 1.54) is 11.6 Å². The fraction of sp³-hybridized carbons (Fsp3) is 0.143. The molecule has 2 nitrogen and oxygen atoms in total. The number of aromatic amines is 1. The number of fused-ring (bicyclic) bond motifs is 5. The van der Waals surface area contributed by atoms with Gasteiger partial charge in [0.25, 0.3) is 0 Å². The van der Waals surface area contributed by atoms with Gasteiger partial charge in [-0.05, 0) is 36.2 Å². The third-order valence-corrected chi connectivity index (χ3v) is 3.48. The van der Waals surface area contributed by atoms with Crippen LogP contribution in [-0.2, 0) is 12.8 Å². The first-order chi connectivity index (χ1) is 8.33. The second-order valence-corrected chi connectivity index (χ2v) is 4.43. The summed E-state index contributed by atoms with van der Waals surface area (Å²) in [5.74, 6) is 0.835. The van der Waals surface area contributed by atoms with Crippen molar-refractivity contribution in [3.8, 4) is 11.3 Å². The highest BCUT2D eigenvalue weighted by Gasteiger charge is 2.22. The Morgan fingerprint density at radius 1 is 1.18 bits per heavy atom. The van der Waals surface area contributed by atoms with Crippen molar-refractivity contribution in [2.45, 2.75) is 12.8 Å². The monoisotopic (exact) mass is 227 g/mol. The molecule has 17 heavy (non-hydrogen) atoms. The number of halogens is 1. The molecule has 4 rings (SSSR count). The van der Waals surface area contributed by atoms with E-state index in [4.69, 9.17) is 4.42 Å². The molecule has 0 amide bonds. The smallest absolute Gasteiger partial charge is 0.123 e. The molecule has 1 N–H and O–H groups in total. The number of hydrogen-bond donors (Lipinski definition) is 1. The van der Waals surface area contributed by atoms with Crippen LogP contribution in [0.3, 0.4) is 0 Å². The molecule has 1 aliphatic carbocycles. The average Bonchev–Trinajstić information content (AvgIpc) is 2.91. The number of aromatic nitrogens is 1. The summed E-state index contributed by atoms with van der Waals surface area (Å²) in [5.41, 5.74) is 4.39. The van der Waals surface area contributed by atoms with E-state index in [-0.39, 0.29) is 5.82 Å². The number of H-pyrrole nitrogens is 1. The van der Waals surface area contributed by atoms with Gasteiger partial charge >= 0.3 is 0 Å². The fourth-order valence-corrected chi connectivity index (χ4v) is 2.70. The van der Waals surface area contributed by atoms with Crippen molar-refractivity contribution in [1.82, 2.24) is 4.98 Å². The molecule has 0 bridgehead atoms. The van der Waals surface area contributed by atoms with E-state index in [9.17, 15) is 4.39 Å². The Morgan fingerprint density at radius 2 is 2.12 bits per heavy atom. The molecule has 84 valence electrons. The van der Waals surface area contributed by atoms with Crippen molar-refractivity contribution in [2.75, 3.05) is 0 Å². The summed E-state index contributed by atoms with van der Waals surface area (Å²) in [5, 5.41) is 0.992. The van der Waals surface area contributed by atoms with Gasteiger partial charge in [-0.25, -0.2) is 4.39 Å². The lowest BCUT2D eigenvalue weighted by Gasteiger charge is -2.10. The van der Waals surface area contributed by atoms with E-state index >= 15 is 0 Å². The highest BCUT2D eigenvalue weighted by Crippen LogP contribution is 2.37. The molecule has 0 unspecified atom stereocenters. The minimum absolute atomic E-state index is 0.183. The maximum atomic E-state index is 13.3. The highest BCUT2D eigenvalue weighted by atomic mass is 19.1. The molecule has 0 radical (unpaired) electrons. The molecule has 0 atom stereocenters. The van der Waals surface area contributed by atoms with Crippen LogP contribution in [0.15, 0.2) is 34.9 Å². The predicted octanol–water partition coefficient (Wildman–Crippen LogP) is 3.67. The molecule has 0 fully saturated rings. The third kappa shape index (κ3) is 1.14. The zero-order chi connectivity index (χ0) is 11.4. The van der Waals surface area contributed by atoms with Gasteiger partial charge in [0.05, 0.1) is 12.0 Å². The van der Waals surface area contributed by atoms with E-state index in [1.807, 2.05) is 6.07 Å². The van der Waals surface area contributed by atoms with Crippen molar-refractivity contribution in [3.05, 3.63) is 47.7 Å². The first kappa shape index (κ1) is 9.05. The molecule has 0 aliphatic heterocycles. The maximum Gasteiger partial charge on any atom is 0.123 e. The van der Waals surface area contributed by atoms with Crippen LogP contribution < -0.4 is 0 Å². The van der Waals surface area contributed by atoms with Crippen LogP contribution in [-0.4, -0.2) is 4.98 Å². The number of furan rings is 1. The van der Waals surface area contributed by atoms with Crippen molar-refractivity contribution < 1.29 is 8.81 Å². The Balaban J connectivity index is 2.10. The molecular formula is C14H10FNO. The van der Waals surface area contributed by atoms with Crippen LogP contribution in [0.5, 0.6) is 0 Å². The Morgan fingerprint density at radius 3 is 3.06 bits per heavy atom. The number of nitrogens with one attached hydrogen (secondary N) is 1. The average molecular weight is 227 g/mol. The lowest BCUT2D eigenvalue weighted by molar-refractivity contribution is 0.507. The van der Waals surface area contributed by atoms with E-state index in [0.717, 1.165) is 40.8 Å². The topological polar surface area (TPSA) is 28.9 Å². The summed E-state index contributed by atoms with van der Waals surface area (Å²) in [7, 11) is 0. The van der Waals surface area contributed by atoms with Crippen LogP contribution >= 0.6 is 0 Å². The largest absolute Gasteiger partial charge is 0.469 e. The fourth-order valence-electron chi connectivity index (χ4n) is 2.70. The van der Waals surface area contributed by atoms with E-state index in [2.05, 4.69) is 4.98 Å². The summed E-state index contributed by atoms with van der Waals surface area (Å²) >= 11 is 0.